The number of hydrogen-bond acceptors (Lipinski definition) is 2. The largest absolute Gasteiger partial charge is 0.310 e. The average Bonchev–Trinajstić information content (AvgIpc) is 2.89. The van der Waals surface area contributed by atoms with E-state index >= 15 is 0 Å². The lowest BCUT2D eigenvalue weighted by molar-refractivity contribution is 0.525. The van der Waals surface area contributed by atoms with Gasteiger partial charge in [0.1, 0.15) is 0 Å². The summed E-state index contributed by atoms with van der Waals surface area (Å²) < 4.78 is 0. The van der Waals surface area contributed by atoms with Gasteiger partial charge >= 0.3 is 0 Å². The molecule has 0 spiro atoms. The van der Waals surface area contributed by atoms with E-state index in [1.807, 2.05) is 12.3 Å². The van der Waals surface area contributed by atoms with Gasteiger partial charge in [-0.3, -0.25) is 4.98 Å². The van der Waals surface area contributed by atoms with Gasteiger partial charge in [-0.1, -0.05) is 31.0 Å². The van der Waals surface area contributed by atoms with E-state index < -0.39 is 0 Å². The molecule has 1 aromatic carbocycles. The summed E-state index contributed by atoms with van der Waals surface area (Å²) in [4.78, 5) is 4.39. The van der Waals surface area contributed by atoms with E-state index in [1.54, 1.807) is 0 Å². The quantitative estimate of drug-likeness (QED) is 0.869. The second-order valence-corrected chi connectivity index (χ2v) is 4.85. The van der Waals surface area contributed by atoms with Gasteiger partial charge in [0, 0.05) is 24.2 Å². The normalized spacial score (nSPS) is 16.7. The second kappa shape index (κ2) is 4.84. The molecule has 1 N–H and O–H groups in total. The molecule has 3 rings (SSSR count). The van der Waals surface area contributed by atoms with Gasteiger partial charge in [0.2, 0.25) is 0 Å². The Labute approximate surface area is 102 Å². The highest BCUT2D eigenvalue weighted by Crippen LogP contribution is 2.20. The van der Waals surface area contributed by atoms with Gasteiger partial charge in [0.05, 0.1) is 5.52 Å². The van der Waals surface area contributed by atoms with Gasteiger partial charge in [-0.05, 0) is 30.5 Å². The highest BCUT2D eigenvalue weighted by Gasteiger charge is 2.14. The Bertz CT molecular complexity index is 496. The molecule has 1 aromatic heterocycles. The molecule has 1 heterocycles. The fraction of sp³-hybridized carbons (Fsp3) is 0.400. The molecule has 17 heavy (non-hydrogen) atoms. The summed E-state index contributed by atoms with van der Waals surface area (Å²) in [6.07, 6.45) is 7.30. The molecule has 0 bridgehead atoms. The fourth-order valence-corrected chi connectivity index (χ4v) is 2.71. The van der Waals surface area contributed by atoms with Crippen LogP contribution in [0.1, 0.15) is 31.2 Å². The van der Waals surface area contributed by atoms with E-state index in [0.29, 0.717) is 0 Å². The van der Waals surface area contributed by atoms with Crippen molar-refractivity contribution in [3.63, 3.8) is 0 Å². The first-order valence-corrected chi connectivity index (χ1v) is 6.49. The molecule has 0 unspecified atom stereocenters. The summed E-state index contributed by atoms with van der Waals surface area (Å²) in [6, 6.07) is 11.3. The van der Waals surface area contributed by atoms with Crippen LogP contribution in [0.15, 0.2) is 36.5 Å². The number of benzene rings is 1. The van der Waals surface area contributed by atoms with E-state index in [0.717, 1.165) is 18.1 Å². The summed E-state index contributed by atoms with van der Waals surface area (Å²) >= 11 is 0. The van der Waals surface area contributed by atoms with Crippen molar-refractivity contribution < 1.29 is 0 Å². The van der Waals surface area contributed by atoms with Crippen molar-refractivity contribution in [1.29, 1.82) is 0 Å². The second-order valence-electron chi connectivity index (χ2n) is 4.85. The Hall–Kier alpha value is -1.41. The first-order valence-electron chi connectivity index (χ1n) is 6.49. The molecule has 1 fully saturated rings. The molecule has 0 atom stereocenters. The number of aromatic nitrogens is 1. The van der Waals surface area contributed by atoms with Crippen LogP contribution in [-0.2, 0) is 6.54 Å². The minimum atomic E-state index is 0.724. The molecule has 2 heteroatoms. The first-order chi connectivity index (χ1) is 8.43. The minimum Gasteiger partial charge on any atom is -0.310 e. The van der Waals surface area contributed by atoms with Crippen molar-refractivity contribution in [3.05, 3.63) is 42.1 Å². The third-order valence-corrected chi connectivity index (χ3v) is 3.67. The van der Waals surface area contributed by atoms with Gasteiger partial charge in [-0.15, -0.1) is 0 Å². The summed E-state index contributed by atoms with van der Waals surface area (Å²) in [6.45, 7) is 0.966. The minimum absolute atomic E-state index is 0.724. The monoisotopic (exact) mass is 226 g/mol. The predicted octanol–water partition coefficient (Wildman–Crippen LogP) is 3.27. The highest BCUT2D eigenvalue weighted by molar-refractivity contribution is 5.81. The fourth-order valence-electron chi connectivity index (χ4n) is 2.71. The SMILES string of the molecule is c1cc(CNC2CCCC2)c2cccnc2c1. The van der Waals surface area contributed by atoms with Gasteiger partial charge in [-0.2, -0.15) is 0 Å². The van der Waals surface area contributed by atoms with Crippen molar-refractivity contribution >= 4 is 10.9 Å². The lowest BCUT2D eigenvalue weighted by Gasteiger charge is -2.13. The van der Waals surface area contributed by atoms with Crippen LogP contribution < -0.4 is 5.32 Å². The maximum absolute atomic E-state index is 4.39. The van der Waals surface area contributed by atoms with Crippen LogP contribution in [-0.4, -0.2) is 11.0 Å². The molecule has 88 valence electrons. The molecule has 0 saturated heterocycles. The number of pyridine rings is 1. The number of hydrogen-bond donors (Lipinski definition) is 1. The van der Waals surface area contributed by atoms with E-state index in [2.05, 4.69) is 34.6 Å². The number of fused-ring (bicyclic) bond motifs is 1. The zero-order chi connectivity index (χ0) is 11.5. The van der Waals surface area contributed by atoms with Crippen LogP contribution in [0.25, 0.3) is 10.9 Å². The smallest absolute Gasteiger partial charge is 0.0705 e. The van der Waals surface area contributed by atoms with Crippen molar-refractivity contribution in [2.75, 3.05) is 0 Å². The Balaban J connectivity index is 1.79. The molecule has 1 saturated carbocycles. The van der Waals surface area contributed by atoms with Crippen LogP contribution in [0.4, 0.5) is 0 Å². The predicted molar refractivity (Wildman–Crippen MR) is 70.8 cm³/mol. The molecule has 0 amide bonds. The zero-order valence-electron chi connectivity index (χ0n) is 10.0. The van der Waals surface area contributed by atoms with E-state index in [1.165, 1.54) is 36.6 Å². The number of nitrogens with zero attached hydrogens (tertiary/aromatic N) is 1. The zero-order valence-corrected chi connectivity index (χ0v) is 10.0. The third kappa shape index (κ3) is 2.32. The van der Waals surface area contributed by atoms with E-state index in [4.69, 9.17) is 0 Å². The molecule has 1 aliphatic carbocycles. The summed E-state index contributed by atoms with van der Waals surface area (Å²) in [5.41, 5.74) is 2.46. The Morgan fingerprint density at radius 2 is 2.00 bits per heavy atom. The molecule has 2 nitrogen and oxygen atoms in total. The molecular weight excluding hydrogens is 208 g/mol. The average molecular weight is 226 g/mol. The summed E-state index contributed by atoms with van der Waals surface area (Å²) in [5, 5.41) is 4.94. The van der Waals surface area contributed by atoms with Crippen LogP contribution >= 0.6 is 0 Å². The Morgan fingerprint density at radius 3 is 2.88 bits per heavy atom. The van der Waals surface area contributed by atoms with Gasteiger partial charge in [-0.25, -0.2) is 0 Å². The molecule has 0 aliphatic heterocycles. The maximum Gasteiger partial charge on any atom is 0.0705 e. The highest BCUT2D eigenvalue weighted by atomic mass is 14.9. The Morgan fingerprint density at radius 1 is 1.12 bits per heavy atom. The first kappa shape index (κ1) is 10.7. The Kier molecular flexibility index (Phi) is 3.06. The van der Waals surface area contributed by atoms with Crippen molar-refractivity contribution in [3.8, 4) is 0 Å². The van der Waals surface area contributed by atoms with Crippen LogP contribution in [0.2, 0.25) is 0 Å². The van der Waals surface area contributed by atoms with Crippen molar-refractivity contribution in [1.82, 2.24) is 10.3 Å². The van der Waals surface area contributed by atoms with E-state index in [9.17, 15) is 0 Å². The van der Waals surface area contributed by atoms with Crippen molar-refractivity contribution in [2.24, 2.45) is 0 Å². The molecule has 2 aromatic rings. The van der Waals surface area contributed by atoms with Crippen LogP contribution in [0.5, 0.6) is 0 Å². The lowest BCUT2D eigenvalue weighted by Crippen LogP contribution is -2.25. The summed E-state index contributed by atoms with van der Waals surface area (Å²) in [7, 11) is 0. The molecule has 0 radical (unpaired) electrons. The van der Waals surface area contributed by atoms with Gasteiger partial charge < -0.3 is 5.32 Å². The third-order valence-electron chi connectivity index (χ3n) is 3.67. The standard InChI is InChI=1S/C15H18N2/c1-2-7-13(6-1)17-11-12-5-3-9-15-14(12)8-4-10-16-15/h3-5,8-10,13,17H,1-2,6-7,11H2. The van der Waals surface area contributed by atoms with E-state index in [-0.39, 0.29) is 0 Å². The topological polar surface area (TPSA) is 24.9 Å². The van der Waals surface area contributed by atoms with Crippen LogP contribution in [0.3, 0.4) is 0 Å². The number of nitrogens with one attached hydrogen (secondary N) is 1. The van der Waals surface area contributed by atoms with Crippen LogP contribution in [0, 0.1) is 0 Å². The molecule has 1 aliphatic rings. The van der Waals surface area contributed by atoms with Gasteiger partial charge in [0.15, 0.2) is 0 Å². The maximum atomic E-state index is 4.39. The van der Waals surface area contributed by atoms with Crippen molar-refractivity contribution in [2.45, 2.75) is 38.3 Å². The van der Waals surface area contributed by atoms with Gasteiger partial charge in [0.25, 0.3) is 0 Å². The summed E-state index contributed by atoms with van der Waals surface area (Å²) in [5.74, 6) is 0. The molecular formula is C15H18N2. The lowest BCUT2D eigenvalue weighted by atomic mass is 10.1. The number of rotatable bonds is 3.